The highest BCUT2D eigenvalue weighted by atomic mass is 19.4. The first-order valence-electron chi connectivity index (χ1n) is 12.1. The quantitative estimate of drug-likeness (QED) is 0.293. The maximum Gasteiger partial charge on any atom is 0.490 e. The molecule has 0 spiro atoms. The van der Waals surface area contributed by atoms with E-state index in [0.717, 1.165) is 36.3 Å². The number of carboxylic acid groups (broad SMARTS) is 2. The lowest BCUT2D eigenvalue weighted by molar-refractivity contribution is -0.193. The molecule has 1 aliphatic rings. The average molecular weight is 599 g/mol. The summed E-state index contributed by atoms with van der Waals surface area (Å²) in [7, 11) is 7.91. The number of amides is 1. The van der Waals surface area contributed by atoms with Gasteiger partial charge in [0.15, 0.2) is 0 Å². The number of halogens is 6. The van der Waals surface area contributed by atoms with E-state index in [1.807, 2.05) is 51.6 Å². The first-order chi connectivity index (χ1) is 18.8. The average Bonchev–Trinajstić information content (AvgIpc) is 3.57. The van der Waals surface area contributed by atoms with Crippen LogP contribution >= 0.6 is 0 Å². The highest BCUT2D eigenvalue weighted by Gasteiger charge is 2.38. The molecule has 11 nitrogen and oxygen atoms in total. The minimum Gasteiger partial charge on any atom is -0.475 e. The molecule has 1 fully saturated rings. The minimum absolute atomic E-state index is 0.00788. The van der Waals surface area contributed by atoms with Crippen LogP contribution < -0.4 is 10.2 Å². The highest BCUT2D eigenvalue weighted by Crippen LogP contribution is 2.32. The highest BCUT2D eigenvalue weighted by molar-refractivity contribution is 5.94. The van der Waals surface area contributed by atoms with Gasteiger partial charge in [0.05, 0.1) is 0 Å². The number of nitrogens with one attached hydrogen (secondary N) is 1. The predicted molar refractivity (Wildman–Crippen MR) is 135 cm³/mol. The maximum absolute atomic E-state index is 12.7. The number of carbonyl (C=O) groups is 3. The predicted octanol–water partition coefficient (Wildman–Crippen LogP) is 3.37. The van der Waals surface area contributed by atoms with Crippen LogP contribution in [0.2, 0.25) is 0 Å². The third kappa shape index (κ3) is 13.3. The monoisotopic (exact) mass is 598 g/mol. The number of aliphatic carboxylic acids is 2. The Morgan fingerprint density at radius 3 is 1.83 bits per heavy atom. The van der Waals surface area contributed by atoms with Crippen molar-refractivity contribution in [3.8, 4) is 11.1 Å². The fraction of sp³-hybridized carbons (Fsp3) is 0.542. The Bertz CT molecular complexity index is 1120. The molecule has 1 saturated carbocycles. The molecule has 0 radical (unpaired) electrons. The van der Waals surface area contributed by atoms with E-state index in [-0.39, 0.29) is 5.91 Å². The van der Waals surface area contributed by atoms with Gasteiger partial charge in [-0.05, 0) is 51.9 Å². The van der Waals surface area contributed by atoms with Crippen molar-refractivity contribution in [2.24, 2.45) is 5.92 Å². The molecule has 3 N–H and O–H groups in total. The molecule has 0 aliphatic heterocycles. The lowest BCUT2D eigenvalue weighted by Gasteiger charge is -2.11. The first-order valence-corrected chi connectivity index (χ1v) is 12.1. The van der Waals surface area contributed by atoms with Crippen molar-refractivity contribution in [3.63, 3.8) is 0 Å². The fourth-order valence-corrected chi connectivity index (χ4v) is 2.98. The zero-order chi connectivity index (χ0) is 31.5. The number of carboxylic acids is 2. The molecule has 17 heteroatoms. The number of nitrogens with zero attached hydrogens (tertiary/aromatic N) is 5. The molecule has 230 valence electrons. The van der Waals surface area contributed by atoms with Crippen LogP contribution in [0.15, 0.2) is 24.7 Å². The van der Waals surface area contributed by atoms with Gasteiger partial charge >= 0.3 is 24.3 Å². The van der Waals surface area contributed by atoms with E-state index in [4.69, 9.17) is 19.8 Å². The zero-order valence-corrected chi connectivity index (χ0v) is 22.8. The summed E-state index contributed by atoms with van der Waals surface area (Å²) in [6.07, 6.45) is -1.04. The van der Waals surface area contributed by atoms with Crippen molar-refractivity contribution in [1.29, 1.82) is 0 Å². The van der Waals surface area contributed by atoms with Crippen molar-refractivity contribution in [3.05, 3.63) is 30.4 Å². The van der Waals surface area contributed by atoms with Crippen molar-refractivity contribution in [2.45, 2.75) is 38.2 Å². The number of rotatable bonds is 9. The van der Waals surface area contributed by atoms with E-state index in [2.05, 4.69) is 30.9 Å². The molecule has 0 bridgehead atoms. The van der Waals surface area contributed by atoms with Gasteiger partial charge < -0.3 is 29.9 Å². The number of alkyl halides is 6. The van der Waals surface area contributed by atoms with Crippen LogP contribution in [0.1, 0.15) is 29.8 Å². The van der Waals surface area contributed by atoms with Crippen LogP contribution in [0.5, 0.6) is 0 Å². The summed E-state index contributed by atoms with van der Waals surface area (Å²) in [5, 5.41) is 17.3. The topological polar surface area (TPSA) is 141 Å². The number of anilines is 1. The Balaban J connectivity index is 0.000000497. The van der Waals surface area contributed by atoms with E-state index < -0.39 is 24.3 Å². The summed E-state index contributed by atoms with van der Waals surface area (Å²) in [6.45, 7) is 2.54. The number of carbonyl (C=O) groups excluding carboxylic acids is 1. The van der Waals surface area contributed by atoms with Gasteiger partial charge in [0.2, 0.25) is 5.95 Å². The molecule has 2 aromatic heterocycles. The summed E-state index contributed by atoms with van der Waals surface area (Å²) in [6, 6.07) is 1.96. The molecule has 0 atom stereocenters. The van der Waals surface area contributed by atoms with Crippen LogP contribution in [-0.4, -0.2) is 101 Å². The van der Waals surface area contributed by atoms with Crippen LogP contribution in [-0.2, 0) is 16.1 Å². The largest absolute Gasteiger partial charge is 0.490 e. The molecular weight excluding hydrogens is 566 g/mol. The Morgan fingerprint density at radius 1 is 0.951 bits per heavy atom. The Labute approximate surface area is 231 Å². The van der Waals surface area contributed by atoms with Crippen molar-refractivity contribution in [1.82, 2.24) is 24.8 Å². The second-order valence-corrected chi connectivity index (χ2v) is 9.39. The van der Waals surface area contributed by atoms with Gasteiger partial charge in [-0.15, -0.1) is 0 Å². The van der Waals surface area contributed by atoms with Crippen molar-refractivity contribution < 1.29 is 50.9 Å². The lowest BCUT2D eigenvalue weighted by Crippen LogP contribution is -2.28. The van der Waals surface area contributed by atoms with E-state index in [1.54, 1.807) is 0 Å². The molecular formula is C24H32F6N6O5. The van der Waals surface area contributed by atoms with Gasteiger partial charge in [-0.3, -0.25) is 4.79 Å². The van der Waals surface area contributed by atoms with Crippen LogP contribution in [0.3, 0.4) is 0 Å². The second-order valence-electron chi connectivity index (χ2n) is 9.39. The van der Waals surface area contributed by atoms with Crippen molar-refractivity contribution in [2.75, 3.05) is 46.2 Å². The third-order valence-corrected chi connectivity index (χ3v) is 5.21. The SMILES string of the molecule is CN(C)CCCNC(=O)c1cc(-c2cnc(N(C)C)nc2)cn1CC1CC1.O=C(O)C(F)(F)F.O=C(O)C(F)(F)F. The van der Waals surface area contributed by atoms with E-state index in [1.165, 1.54) is 12.8 Å². The Morgan fingerprint density at radius 2 is 1.44 bits per heavy atom. The van der Waals surface area contributed by atoms with Gasteiger partial charge in [-0.25, -0.2) is 19.6 Å². The summed E-state index contributed by atoms with van der Waals surface area (Å²) in [4.78, 5) is 43.3. The zero-order valence-electron chi connectivity index (χ0n) is 22.8. The smallest absolute Gasteiger partial charge is 0.475 e. The minimum atomic E-state index is -5.08. The Hall–Kier alpha value is -3.89. The number of hydrogen-bond donors (Lipinski definition) is 3. The third-order valence-electron chi connectivity index (χ3n) is 5.21. The van der Waals surface area contributed by atoms with Gasteiger partial charge in [0.25, 0.3) is 5.91 Å². The Kier molecular flexibility index (Phi) is 13.0. The van der Waals surface area contributed by atoms with Crippen molar-refractivity contribution >= 4 is 23.8 Å². The molecule has 2 heterocycles. The van der Waals surface area contributed by atoms with Gasteiger partial charge in [0.1, 0.15) is 5.69 Å². The van der Waals surface area contributed by atoms with E-state index in [0.29, 0.717) is 18.4 Å². The molecule has 0 aromatic carbocycles. The molecule has 41 heavy (non-hydrogen) atoms. The summed E-state index contributed by atoms with van der Waals surface area (Å²) in [5.41, 5.74) is 2.63. The van der Waals surface area contributed by atoms with Gasteiger partial charge in [0, 0.05) is 56.9 Å². The molecule has 1 aliphatic carbocycles. The second kappa shape index (κ2) is 15.2. The maximum atomic E-state index is 12.7. The fourth-order valence-electron chi connectivity index (χ4n) is 2.98. The summed E-state index contributed by atoms with van der Waals surface area (Å²) >= 11 is 0. The van der Waals surface area contributed by atoms with Gasteiger partial charge in [-0.1, -0.05) is 0 Å². The summed E-state index contributed by atoms with van der Waals surface area (Å²) < 4.78 is 65.6. The normalized spacial score (nSPS) is 13.0. The first kappa shape index (κ1) is 35.1. The molecule has 3 rings (SSSR count). The van der Waals surface area contributed by atoms with Crippen LogP contribution in [0, 0.1) is 5.92 Å². The molecule has 2 aromatic rings. The van der Waals surface area contributed by atoms with Crippen LogP contribution in [0.4, 0.5) is 32.3 Å². The number of hydrogen-bond acceptors (Lipinski definition) is 7. The lowest BCUT2D eigenvalue weighted by atomic mass is 10.2. The molecule has 0 saturated heterocycles. The van der Waals surface area contributed by atoms with E-state index >= 15 is 0 Å². The standard InChI is InChI=1S/C20H30N6O.2C2HF3O2/c1-24(2)9-5-8-21-19(27)18-10-16(14-26(18)13-15-6-7-15)17-11-22-20(23-12-17)25(3)4;2*3-2(4,5)1(6)7/h10-12,14-15H,5-9,13H2,1-4H3,(H,21,27);2*(H,6,7). The van der Waals surface area contributed by atoms with Gasteiger partial charge in [-0.2, -0.15) is 26.3 Å². The molecule has 1 amide bonds. The van der Waals surface area contributed by atoms with E-state index in [9.17, 15) is 31.1 Å². The molecule has 0 unspecified atom stereocenters. The number of aromatic nitrogens is 3. The van der Waals surface area contributed by atoms with Crippen LogP contribution in [0.25, 0.3) is 11.1 Å². The summed E-state index contributed by atoms with van der Waals surface area (Å²) in [5.74, 6) is -4.15.